The van der Waals surface area contributed by atoms with E-state index in [-0.39, 0.29) is 0 Å². The molecule has 0 heterocycles. The van der Waals surface area contributed by atoms with Crippen LogP contribution in [0.3, 0.4) is 0 Å². The smallest absolute Gasteiger partial charge is 0.121 e. The monoisotopic (exact) mass is 476 g/mol. The van der Waals surface area contributed by atoms with E-state index in [0.29, 0.717) is 0 Å². The summed E-state index contributed by atoms with van der Waals surface area (Å²) in [5.74, 6) is 0. The van der Waals surface area contributed by atoms with Crippen LogP contribution < -0.4 is 10.4 Å². The summed E-state index contributed by atoms with van der Waals surface area (Å²) in [5.41, 5.74) is 4.80. The molecule has 0 aliphatic rings. The summed E-state index contributed by atoms with van der Waals surface area (Å²) in [7, 11) is -1.31. The van der Waals surface area contributed by atoms with Gasteiger partial charge >= 0.3 is 6.00 Å². The number of hydrogen-bond acceptors (Lipinski definition) is 0. The van der Waals surface area contributed by atoms with Crippen LogP contribution in [0.25, 0.3) is 22.3 Å². The van der Waals surface area contributed by atoms with Gasteiger partial charge in [0.2, 0.25) is 0 Å². The molecule has 3 aromatic rings. The zero-order valence-electron chi connectivity index (χ0n) is 17.2. The van der Waals surface area contributed by atoms with Crippen molar-refractivity contribution in [2.75, 3.05) is 0 Å². The first-order chi connectivity index (χ1) is 13.8. The Kier molecular flexibility index (Phi) is 7.34. The van der Waals surface area contributed by atoms with Crippen molar-refractivity contribution in [2.45, 2.75) is 38.9 Å². The van der Waals surface area contributed by atoms with Crippen LogP contribution in [0.15, 0.2) is 72.8 Å². The van der Waals surface area contributed by atoms with Gasteiger partial charge in [0, 0.05) is 0 Å². The van der Waals surface area contributed by atoms with Gasteiger partial charge in [-0.25, -0.2) is 0 Å². The molecular formula is C24H27Cl3Si2. The minimum Gasteiger partial charge on any atom is -0.121 e. The predicted molar refractivity (Wildman–Crippen MR) is 137 cm³/mol. The lowest BCUT2D eigenvalue weighted by atomic mass is 10.0. The van der Waals surface area contributed by atoms with Gasteiger partial charge in [-0.2, -0.15) is 0 Å². The third-order valence-electron chi connectivity index (χ3n) is 6.29. The van der Waals surface area contributed by atoms with E-state index < -0.39 is 14.1 Å². The molecule has 0 atom stereocenters. The molecule has 0 N–H and O–H groups in total. The highest BCUT2D eigenvalue weighted by Crippen LogP contribution is 2.27. The molecule has 0 unspecified atom stereocenters. The molecule has 0 radical (unpaired) electrons. The minimum atomic E-state index is -2.82. The first-order valence-electron chi connectivity index (χ1n) is 10.2. The van der Waals surface area contributed by atoms with Crippen molar-refractivity contribution in [3.05, 3.63) is 72.8 Å². The fraction of sp³-hybridized carbons (Fsp3) is 0.250. The molecule has 0 aromatic heterocycles. The van der Waals surface area contributed by atoms with Gasteiger partial charge in [-0.15, -0.1) is 33.2 Å². The highest BCUT2D eigenvalue weighted by atomic mass is 35.8. The molecule has 0 spiro atoms. The third kappa shape index (κ3) is 5.00. The standard InChI is InChI=1S/C24H27Cl3Si2/c1-4-28(5-2,6-3)23-15-11-21(12-16-23)19-7-9-20(10-8-19)22-13-17-24(18-14-22)29(25,26)27/h7-18H,4-6H2,1-3H3. The summed E-state index contributed by atoms with van der Waals surface area (Å²) in [6.07, 6.45) is 0. The van der Waals surface area contributed by atoms with E-state index in [1.807, 2.05) is 24.3 Å². The first kappa shape index (κ1) is 22.6. The molecule has 0 saturated carbocycles. The maximum atomic E-state index is 6.08. The van der Waals surface area contributed by atoms with Gasteiger partial charge in [-0.05, 0) is 27.4 Å². The summed E-state index contributed by atoms with van der Waals surface area (Å²) in [5, 5.41) is 2.40. The summed E-state index contributed by atoms with van der Waals surface area (Å²) < 4.78 is 0. The zero-order valence-corrected chi connectivity index (χ0v) is 21.5. The lowest BCUT2D eigenvalue weighted by Gasteiger charge is -2.28. The molecule has 0 saturated heterocycles. The van der Waals surface area contributed by atoms with Crippen molar-refractivity contribution < 1.29 is 0 Å². The second kappa shape index (κ2) is 9.40. The van der Waals surface area contributed by atoms with Crippen LogP contribution >= 0.6 is 33.2 Å². The normalized spacial score (nSPS) is 12.2. The maximum Gasteiger partial charge on any atom is 0.372 e. The fourth-order valence-electron chi connectivity index (χ4n) is 4.09. The Labute approximate surface area is 191 Å². The van der Waals surface area contributed by atoms with Crippen LogP contribution in [-0.2, 0) is 0 Å². The van der Waals surface area contributed by atoms with E-state index in [4.69, 9.17) is 33.2 Å². The minimum absolute atomic E-state index is 0.814. The molecule has 0 bridgehead atoms. The molecular weight excluding hydrogens is 451 g/mol. The van der Waals surface area contributed by atoms with Crippen LogP contribution in [0, 0.1) is 0 Å². The van der Waals surface area contributed by atoms with Gasteiger partial charge in [0.25, 0.3) is 0 Å². The zero-order chi connectivity index (χ0) is 21.1. The average molecular weight is 478 g/mol. The van der Waals surface area contributed by atoms with Crippen molar-refractivity contribution in [3.63, 3.8) is 0 Å². The van der Waals surface area contributed by atoms with E-state index in [1.165, 1.54) is 29.3 Å². The number of benzene rings is 3. The van der Waals surface area contributed by atoms with E-state index in [9.17, 15) is 0 Å². The molecule has 0 aliphatic heterocycles. The van der Waals surface area contributed by atoms with Gasteiger partial charge in [0.15, 0.2) is 0 Å². The average Bonchev–Trinajstić information content (AvgIpc) is 2.75. The first-order valence-corrected chi connectivity index (χ1v) is 17.9. The summed E-state index contributed by atoms with van der Waals surface area (Å²) in [6.45, 7) is 7.07. The molecule has 29 heavy (non-hydrogen) atoms. The van der Waals surface area contributed by atoms with Crippen LogP contribution in [-0.4, -0.2) is 14.1 Å². The highest BCUT2D eigenvalue weighted by Gasteiger charge is 2.29. The lowest BCUT2D eigenvalue weighted by Crippen LogP contribution is -2.45. The number of rotatable bonds is 7. The van der Waals surface area contributed by atoms with E-state index in [1.54, 1.807) is 5.19 Å². The summed E-state index contributed by atoms with van der Waals surface area (Å²) in [6, 6.07) is 27.0. The Morgan fingerprint density at radius 3 is 1.03 bits per heavy atom. The SMILES string of the molecule is CC[Si](CC)(CC)c1ccc(-c2ccc(-c3ccc([Si](Cl)(Cl)Cl)cc3)cc2)cc1. The molecule has 3 aromatic carbocycles. The number of hydrogen-bond donors (Lipinski definition) is 0. The van der Waals surface area contributed by atoms with Gasteiger partial charge < -0.3 is 0 Å². The second-order valence-electron chi connectivity index (χ2n) is 7.57. The Morgan fingerprint density at radius 1 is 0.483 bits per heavy atom. The molecule has 0 nitrogen and oxygen atoms in total. The Morgan fingerprint density at radius 2 is 0.759 bits per heavy atom. The molecule has 0 aliphatic carbocycles. The highest BCUT2D eigenvalue weighted by molar-refractivity contribution is 7.69. The van der Waals surface area contributed by atoms with Crippen LogP contribution in [0.1, 0.15) is 20.8 Å². The van der Waals surface area contributed by atoms with E-state index >= 15 is 0 Å². The largest absolute Gasteiger partial charge is 0.372 e. The van der Waals surface area contributed by atoms with Gasteiger partial charge in [0.1, 0.15) is 0 Å². The van der Waals surface area contributed by atoms with E-state index in [0.717, 1.165) is 16.3 Å². The van der Waals surface area contributed by atoms with Crippen molar-refractivity contribution in [3.8, 4) is 22.3 Å². The third-order valence-corrected chi connectivity index (χ3v) is 14.9. The summed E-state index contributed by atoms with van der Waals surface area (Å²) >= 11 is 18.3. The van der Waals surface area contributed by atoms with Gasteiger partial charge in [0.05, 0.1) is 8.07 Å². The Bertz CT molecular complexity index is 916. The van der Waals surface area contributed by atoms with Gasteiger partial charge in [-0.1, -0.05) is 117 Å². The maximum absolute atomic E-state index is 6.08. The molecule has 152 valence electrons. The fourth-order valence-corrected chi connectivity index (χ4v) is 9.36. The van der Waals surface area contributed by atoms with Crippen LogP contribution in [0.4, 0.5) is 0 Å². The van der Waals surface area contributed by atoms with Crippen molar-refractivity contribution in [1.29, 1.82) is 0 Å². The van der Waals surface area contributed by atoms with Crippen molar-refractivity contribution in [1.82, 2.24) is 0 Å². The van der Waals surface area contributed by atoms with Crippen LogP contribution in [0.5, 0.6) is 0 Å². The summed E-state index contributed by atoms with van der Waals surface area (Å²) in [4.78, 5) is 0. The Hall–Kier alpha value is -1.04. The van der Waals surface area contributed by atoms with E-state index in [2.05, 4.69) is 69.3 Å². The molecule has 3 rings (SSSR count). The van der Waals surface area contributed by atoms with Crippen molar-refractivity contribution in [2.24, 2.45) is 0 Å². The van der Waals surface area contributed by atoms with Crippen LogP contribution in [0.2, 0.25) is 18.1 Å². The van der Waals surface area contributed by atoms with Crippen molar-refractivity contribution >= 4 is 57.7 Å². The molecule has 5 heteroatoms. The molecule has 0 fully saturated rings. The topological polar surface area (TPSA) is 0 Å². The van der Waals surface area contributed by atoms with Gasteiger partial charge in [-0.3, -0.25) is 0 Å². The number of halogens is 3. The second-order valence-corrected chi connectivity index (χ2v) is 21.2. The lowest BCUT2D eigenvalue weighted by molar-refractivity contribution is 1.19. The molecule has 0 amide bonds. The Balaban J connectivity index is 1.82. The quantitative estimate of drug-likeness (QED) is 0.243. The predicted octanol–water partition coefficient (Wildman–Crippen LogP) is 7.60.